The molecule has 1 heterocycles. The van der Waals surface area contributed by atoms with Crippen LogP contribution in [-0.2, 0) is 18.2 Å². The van der Waals surface area contributed by atoms with Crippen molar-refractivity contribution >= 4 is 15.6 Å². The SMILES string of the molecule is C1CO1.O=P([O-])([O-])OP(=O)([O-])[O-].[K+].[K+].[K+].[K+]. The van der Waals surface area contributed by atoms with Crippen molar-refractivity contribution in [1.29, 1.82) is 0 Å². The number of hydrogen-bond donors (Lipinski definition) is 0. The predicted octanol–water partition coefficient (Wildman–Crippen LogP) is -15.3. The zero-order valence-electron chi connectivity index (χ0n) is 9.57. The number of epoxide rings is 1. The quantitative estimate of drug-likeness (QED) is 0.263. The van der Waals surface area contributed by atoms with E-state index in [1.54, 1.807) is 0 Å². The van der Waals surface area contributed by atoms with Crippen molar-refractivity contribution in [3.05, 3.63) is 0 Å². The Morgan fingerprint density at radius 2 is 1.00 bits per heavy atom. The summed E-state index contributed by atoms with van der Waals surface area (Å²) in [6.45, 7) is 2.00. The normalized spacial score (nSPS) is 12.2. The number of ether oxygens (including phenoxy) is 1. The summed E-state index contributed by atoms with van der Waals surface area (Å²) in [6.07, 6.45) is 0. The zero-order valence-corrected chi connectivity index (χ0v) is 23.9. The fourth-order valence-electron chi connectivity index (χ4n) is 0.122. The minimum Gasteiger partial charge on any atom is -0.790 e. The first-order valence-electron chi connectivity index (χ1n) is 2.54. The number of rotatable bonds is 2. The Kier molecular flexibility index (Phi) is 38.7. The summed E-state index contributed by atoms with van der Waals surface area (Å²) in [5.74, 6) is 0. The third-order valence-corrected chi connectivity index (χ3v) is 2.00. The van der Waals surface area contributed by atoms with Gasteiger partial charge in [0.25, 0.3) is 0 Å². The van der Waals surface area contributed by atoms with E-state index in [0.29, 0.717) is 0 Å². The molecule has 1 saturated heterocycles. The Balaban J connectivity index is -0.0000000504. The molecule has 74 valence electrons. The standard InChI is InChI=1S/C2H4O.4K.H4O7P2/c1-2-3-1;;;;;1-8(2,3)7-9(4,5)6/h1-2H2;;;;;(H2,1,2,3)(H2,4,5,6)/q;4*+1;/p-4. The third kappa shape index (κ3) is 42.8. The van der Waals surface area contributed by atoms with Gasteiger partial charge in [-0.15, -0.1) is 0 Å². The zero-order chi connectivity index (χ0) is 9.83. The van der Waals surface area contributed by atoms with Crippen LogP contribution in [0.15, 0.2) is 0 Å². The predicted molar refractivity (Wildman–Crippen MR) is 27.1 cm³/mol. The van der Waals surface area contributed by atoms with Crippen LogP contribution in [-0.4, -0.2) is 13.2 Å². The Bertz CT molecular complexity index is 199. The van der Waals surface area contributed by atoms with E-state index < -0.39 is 15.6 Å². The maximum absolute atomic E-state index is 9.32. The second-order valence-corrected chi connectivity index (χ2v) is 4.03. The summed E-state index contributed by atoms with van der Waals surface area (Å²) in [4.78, 5) is 37.3. The number of phosphoric acid groups is 2. The van der Waals surface area contributed by atoms with Crippen LogP contribution in [0.2, 0.25) is 0 Å². The molecule has 0 aromatic rings. The summed E-state index contributed by atoms with van der Waals surface area (Å²) in [7, 11) is -11.4. The van der Waals surface area contributed by atoms with E-state index in [1.807, 2.05) is 0 Å². The van der Waals surface area contributed by atoms with Crippen molar-refractivity contribution in [3.8, 4) is 0 Å². The van der Waals surface area contributed by atoms with Crippen molar-refractivity contribution in [2.45, 2.75) is 0 Å². The molecule has 1 aliphatic heterocycles. The van der Waals surface area contributed by atoms with Crippen molar-refractivity contribution in [2.24, 2.45) is 0 Å². The maximum Gasteiger partial charge on any atom is 1.00 e. The fraction of sp³-hybridized carbons (Fsp3) is 1.00. The first-order valence-corrected chi connectivity index (χ1v) is 5.46. The van der Waals surface area contributed by atoms with Crippen LogP contribution in [0.4, 0.5) is 0 Å². The second-order valence-electron chi connectivity index (χ2n) is 1.59. The molecule has 0 spiro atoms. The molecule has 0 aromatic carbocycles. The molecule has 1 rings (SSSR count). The Morgan fingerprint density at radius 1 is 0.812 bits per heavy atom. The minimum absolute atomic E-state index is 0. The van der Waals surface area contributed by atoms with E-state index in [2.05, 4.69) is 9.05 Å². The van der Waals surface area contributed by atoms with Crippen LogP contribution in [0.5, 0.6) is 0 Å². The largest absolute Gasteiger partial charge is 1.00 e. The van der Waals surface area contributed by atoms with E-state index in [1.165, 1.54) is 0 Å². The van der Waals surface area contributed by atoms with Crippen LogP contribution in [0.1, 0.15) is 0 Å². The van der Waals surface area contributed by atoms with E-state index in [4.69, 9.17) is 0 Å². The van der Waals surface area contributed by atoms with Crippen molar-refractivity contribution < 1.29 is 243 Å². The van der Waals surface area contributed by atoms with E-state index >= 15 is 0 Å². The Labute approximate surface area is 263 Å². The minimum atomic E-state index is -5.68. The molecule has 0 atom stereocenters. The molecule has 0 bridgehead atoms. The van der Waals surface area contributed by atoms with Gasteiger partial charge in [0, 0.05) is 0 Å². The van der Waals surface area contributed by atoms with Crippen molar-refractivity contribution in [1.82, 2.24) is 0 Å². The van der Waals surface area contributed by atoms with E-state index in [0.717, 1.165) is 13.2 Å². The molecule has 0 aromatic heterocycles. The average Bonchev–Trinajstić information content (AvgIpc) is 2.28. The molecule has 8 nitrogen and oxygen atoms in total. The Hall–Kier alpha value is 6.77. The summed E-state index contributed by atoms with van der Waals surface area (Å²) in [5.41, 5.74) is 0. The number of hydrogen-bond acceptors (Lipinski definition) is 8. The third-order valence-electron chi connectivity index (χ3n) is 0.404. The van der Waals surface area contributed by atoms with Crippen LogP contribution in [0, 0.1) is 0 Å². The molecule has 0 unspecified atom stereocenters. The summed E-state index contributed by atoms with van der Waals surface area (Å²) < 4.78 is 25.7. The fourth-order valence-corrected chi connectivity index (χ4v) is 1.10. The molecule has 1 aliphatic rings. The monoisotopic (exact) mass is 374 g/mol. The molecule has 0 saturated carbocycles. The first-order chi connectivity index (χ1) is 5.21. The van der Waals surface area contributed by atoms with Crippen LogP contribution < -0.4 is 225 Å². The van der Waals surface area contributed by atoms with Gasteiger partial charge in [0.1, 0.15) is 0 Å². The van der Waals surface area contributed by atoms with Crippen molar-refractivity contribution in [3.63, 3.8) is 0 Å². The maximum atomic E-state index is 9.32. The van der Waals surface area contributed by atoms with Gasteiger partial charge in [0.05, 0.1) is 28.9 Å². The van der Waals surface area contributed by atoms with Gasteiger partial charge < -0.3 is 37.8 Å². The van der Waals surface area contributed by atoms with Gasteiger partial charge in [0.2, 0.25) is 0 Å². The molecule has 1 fully saturated rings. The van der Waals surface area contributed by atoms with E-state index in [-0.39, 0.29) is 206 Å². The second kappa shape index (κ2) is 18.1. The van der Waals surface area contributed by atoms with E-state index in [9.17, 15) is 28.7 Å². The smallest absolute Gasteiger partial charge is 0.790 e. The summed E-state index contributed by atoms with van der Waals surface area (Å²) >= 11 is 0. The van der Waals surface area contributed by atoms with Gasteiger partial charge in [0.15, 0.2) is 0 Å². The molecule has 0 N–H and O–H groups in total. The topological polar surface area (TPSA) is 148 Å². The summed E-state index contributed by atoms with van der Waals surface area (Å²) in [6, 6.07) is 0. The van der Waals surface area contributed by atoms with Gasteiger partial charge in [-0.1, -0.05) is 0 Å². The van der Waals surface area contributed by atoms with Gasteiger partial charge in [-0.05, 0) is 0 Å². The first kappa shape index (κ1) is 34.2. The average molecular weight is 374 g/mol. The molecule has 0 amide bonds. The van der Waals surface area contributed by atoms with Crippen molar-refractivity contribution in [2.75, 3.05) is 13.2 Å². The van der Waals surface area contributed by atoms with Crippen LogP contribution in [0.25, 0.3) is 0 Å². The molecule has 0 aliphatic carbocycles. The molecular weight excluding hydrogens is 370 g/mol. The Morgan fingerprint density at radius 3 is 1.00 bits per heavy atom. The molecule has 16 heavy (non-hydrogen) atoms. The molecular formula is C2H4K4O8P2. The van der Waals surface area contributed by atoms with Gasteiger partial charge in [-0.3, -0.25) is 0 Å². The molecule has 14 heteroatoms. The van der Waals surface area contributed by atoms with Gasteiger partial charge >= 0.3 is 206 Å². The van der Waals surface area contributed by atoms with Gasteiger partial charge in [-0.25, -0.2) is 0 Å². The van der Waals surface area contributed by atoms with Gasteiger partial charge in [-0.2, -0.15) is 0 Å². The van der Waals surface area contributed by atoms with Crippen LogP contribution in [0.3, 0.4) is 0 Å². The summed E-state index contributed by atoms with van der Waals surface area (Å²) in [5, 5.41) is 0. The molecule has 0 radical (unpaired) electrons. The van der Waals surface area contributed by atoms with Crippen LogP contribution >= 0.6 is 15.6 Å².